The average molecular weight is 310 g/mol. The fourth-order valence-electron chi connectivity index (χ4n) is 3.74. The van der Waals surface area contributed by atoms with Crippen molar-refractivity contribution in [3.63, 3.8) is 0 Å². The van der Waals surface area contributed by atoms with E-state index in [0.717, 1.165) is 30.4 Å². The first-order valence-corrected chi connectivity index (χ1v) is 8.59. The first-order valence-electron chi connectivity index (χ1n) is 7.77. The molecule has 3 rings (SSSR count). The molecule has 1 aromatic rings. The molecule has 21 heavy (non-hydrogen) atoms. The van der Waals surface area contributed by atoms with Gasteiger partial charge in [-0.15, -0.1) is 11.3 Å². The van der Waals surface area contributed by atoms with Crippen LogP contribution in [0.4, 0.5) is 10.7 Å². The van der Waals surface area contributed by atoms with Gasteiger partial charge in [0.05, 0.1) is 11.0 Å². The highest BCUT2D eigenvalue weighted by atomic mass is 32.1. The second-order valence-electron chi connectivity index (χ2n) is 6.31. The molecule has 0 radical (unpaired) electrons. The van der Waals surface area contributed by atoms with Gasteiger partial charge < -0.3 is 10.0 Å². The number of rotatable bonds is 3. The van der Waals surface area contributed by atoms with Crippen molar-refractivity contribution in [2.24, 2.45) is 11.8 Å². The van der Waals surface area contributed by atoms with Gasteiger partial charge in [-0.05, 0) is 31.6 Å². The molecule has 3 atom stereocenters. The Balaban J connectivity index is 1.84. The van der Waals surface area contributed by atoms with Gasteiger partial charge in [0.15, 0.2) is 5.00 Å². The minimum atomic E-state index is -0.644. The van der Waals surface area contributed by atoms with Gasteiger partial charge in [-0.25, -0.2) is 0 Å². The summed E-state index contributed by atoms with van der Waals surface area (Å²) in [5, 5.41) is 21.7. The number of hydrogen-bond acceptors (Lipinski definition) is 5. The molecular weight excluding hydrogens is 288 g/mol. The predicted molar refractivity (Wildman–Crippen MR) is 83.9 cm³/mol. The summed E-state index contributed by atoms with van der Waals surface area (Å²) in [6.45, 7) is 3.50. The van der Waals surface area contributed by atoms with Crippen LogP contribution >= 0.6 is 11.3 Å². The predicted octanol–water partition coefficient (Wildman–Crippen LogP) is 3.73. The topological polar surface area (TPSA) is 66.6 Å². The van der Waals surface area contributed by atoms with Crippen molar-refractivity contribution >= 4 is 22.0 Å². The summed E-state index contributed by atoms with van der Waals surface area (Å²) in [5.74, 6) is 1.49. The summed E-state index contributed by atoms with van der Waals surface area (Å²) in [6.07, 6.45) is 5.71. The largest absolute Gasteiger partial charge is 0.388 e. The number of nitro groups is 1. The molecule has 116 valence electrons. The lowest BCUT2D eigenvalue weighted by Crippen LogP contribution is -2.41. The Morgan fingerprint density at radius 2 is 2.10 bits per heavy atom. The molecule has 1 saturated carbocycles. The molecular formula is C15H22N2O3S. The van der Waals surface area contributed by atoms with Crippen molar-refractivity contribution in [1.82, 2.24) is 0 Å². The molecule has 0 amide bonds. The van der Waals surface area contributed by atoms with Crippen LogP contribution in [0, 0.1) is 22.0 Å². The monoisotopic (exact) mass is 310 g/mol. The molecule has 5 nitrogen and oxygen atoms in total. The lowest BCUT2D eigenvalue weighted by atomic mass is 9.75. The van der Waals surface area contributed by atoms with Crippen molar-refractivity contribution in [2.45, 2.75) is 45.1 Å². The quantitative estimate of drug-likeness (QED) is 0.682. The molecule has 1 aliphatic heterocycles. The Morgan fingerprint density at radius 3 is 2.76 bits per heavy atom. The third-order valence-corrected chi connectivity index (χ3v) is 6.25. The van der Waals surface area contributed by atoms with Crippen LogP contribution in [0.25, 0.3) is 0 Å². The van der Waals surface area contributed by atoms with Gasteiger partial charge >= 0.3 is 5.69 Å². The van der Waals surface area contributed by atoms with E-state index in [1.54, 1.807) is 6.92 Å². The van der Waals surface area contributed by atoms with Crippen LogP contribution in [-0.4, -0.2) is 23.1 Å². The van der Waals surface area contributed by atoms with Gasteiger partial charge in [-0.2, -0.15) is 0 Å². The SMILES string of the molecule is C[C@@H](O)c1cc([N+](=O)[O-])c(N2CCC3CCCCC3C2)s1. The van der Waals surface area contributed by atoms with Crippen LogP contribution in [0.5, 0.6) is 0 Å². The summed E-state index contributed by atoms with van der Waals surface area (Å²) in [4.78, 5) is 13.8. The zero-order valence-corrected chi connectivity index (χ0v) is 13.1. The summed E-state index contributed by atoms with van der Waals surface area (Å²) >= 11 is 1.38. The Labute approximate surface area is 128 Å². The van der Waals surface area contributed by atoms with Crippen LogP contribution in [-0.2, 0) is 0 Å². The Kier molecular flexibility index (Phi) is 4.17. The fraction of sp³-hybridized carbons (Fsp3) is 0.733. The molecule has 0 aromatic carbocycles. The van der Waals surface area contributed by atoms with E-state index in [0.29, 0.717) is 10.8 Å². The maximum atomic E-state index is 11.3. The van der Waals surface area contributed by atoms with Crippen LogP contribution in [0.1, 0.15) is 50.0 Å². The second-order valence-corrected chi connectivity index (χ2v) is 7.37. The van der Waals surface area contributed by atoms with Gasteiger partial charge in [0.1, 0.15) is 0 Å². The minimum absolute atomic E-state index is 0.158. The molecule has 0 spiro atoms. The Hall–Kier alpha value is -1.14. The van der Waals surface area contributed by atoms with E-state index in [1.807, 2.05) is 0 Å². The first-order chi connectivity index (χ1) is 10.1. The van der Waals surface area contributed by atoms with Gasteiger partial charge in [0, 0.05) is 24.0 Å². The number of anilines is 1. The zero-order valence-electron chi connectivity index (χ0n) is 12.3. The minimum Gasteiger partial charge on any atom is -0.388 e. The van der Waals surface area contributed by atoms with Crippen LogP contribution in [0.15, 0.2) is 6.07 Å². The lowest BCUT2D eigenvalue weighted by Gasteiger charge is -2.41. The number of fused-ring (bicyclic) bond motifs is 1. The van der Waals surface area contributed by atoms with Gasteiger partial charge in [-0.1, -0.05) is 19.3 Å². The first kappa shape index (κ1) is 14.8. The van der Waals surface area contributed by atoms with E-state index in [4.69, 9.17) is 0 Å². The summed E-state index contributed by atoms with van der Waals surface area (Å²) < 4.78 is 0. The summed E-state index contributed by atoms with van der Waals surface area (Å²) in [5.41, 5.74) is 0.158. The fourth-order valence-corrected chi connectivity index (χ4v) is 4.84. The normalized spacial score (nSPS) is 27.2. The molecule has 1 aliphatic carbocycles. The van der Waals surface area contributed by atoms with Crippen molar-refractivity contribution in [1.29, 1.82) is 0 Å². The molecule has 2 fully saturated rings. The maximum absolute atomic E-state index is 11.3. The average Bonchev–Trinajstić information content (AvgIpc) is 2.92. The van der Waals surface area contributed by atoms with Gasteiger partial charge in [-0.3, -0.25) is 10.1 Å². The zero-order chi connectivity index (χ0) is 15.0. The van der Waals surface area contributed by atoms with E-state index in [2.05, 4.69) is 4.90 Å². The number of aliphatic hydroxyl groups is 1. The van der Waals surface area contributed by atoms with E-state index >= 15 is 0 Å². The van der Waals surface area contributed by atoms with Crippen molar-refractivity contribution < 1.29 is 10.0 Å². The smallest absolute Gasteiger partial charge is 0.304 e. The maximum Gasteiger partial charge on any atom is 0.304 e. The van der Waals surface area contributed by atoms with Crippen molar-refractivity contribution in [3.05, 3.63) is 21.1 Å². The van der Waals surface area contributed by atoms with Crippen LogP contribution < -0.4 is 4.90 Å². The number of thiophene rings is 1. The molecule has 2 unspecified atom stereocenters. The molecule has 2 heterocycles. The molecule has 2 aliphatic rings. The van der Waals surface area contributed by atoms with E-state index in [1.165, 1.54) is 43.1 Å². The molecule has 1 aromatic heterocycles. The van der Waals surface area contributed by atoms with E-state index in [9.17, 15) is 15.2 Å². The Morgan fingerprint density at radius 1 is 1.38 bits per heavy atom. The lowest BCUT2D eigenvalue weighted by molar-refractivity contribution is -0.383. The van der Waals surface area contributed by atoms with Crippen molar-refractivity contribution in [3.8, 4) is 0 Å². The number of piperidine rings is 1. The number of nitrogens with zero attached hydrogens (tertiary/aromatic N) is 2. The second kappa shape index (κ2) is 5.93. The highest BCUT2D eigenvalue weighted by Crippen LogP contribution is 2.44. The number of aliphatic hydroxyl groups excluding tert-OH is 1. The van der Waals surface area contributed by atoms with E-state index < -0.39 is 6.10 Å². The number of hydrogen-bond donors (Lipinski definition) is 1. The molecule has 6 heteroatoms. The van der Waals surface area contributed by atoms with Gasteiger partial charge in [0.25, 0.3) is 0 Å². The van der Waals surface area contributed by atoms with E-state index in [-0.39, 0.29) is 10.6 Å². The summed E-state index contributed by atoms with van der Waals surface area (Å²) in [7, 11) is 0. The van der Waals surface area contributed by atoms with Crippen molar-refractivity contribution in [2.75, 3.05) is 18.0 Å². The summed E-state index contributed by atoms with van der Waals surface area (Å²) in [6, 6.07) is 1.54. The van der Waals surface area contributed by atoms with Gasteiger partial charge in [0.2, 0.25) is 0 Å². The molecule has 0 bridgehead atoms. The third-order valence-electron chi connectivity index (χ3n) is 4.90. The van der Waals surface area contributed by atoms with Crippen LogP contribution in [0.3, 0.4) is 0 Å². The molecule has 1 saturated heterocycles. The highest BCUT2D eigenvalue weighted by Gasteiger charge is 2.34. The van der Waals surface area contributed by atoms with Crippen LogP contribution in [0.2, 0.25) is 0 Å². The standard InChI is InChI=1S/C15H22N2O3S/c1-10(18)14-8-13(17(19)20)15(21-14)16-7-6-11-4-2-3-5-12(11)9-16/h8,10-12,18H,2-7,9H2,1H3/t10-,11?,12?/m1/s1. The highest BCUT2D eigenvalue weighted by molar-refractivity contribution is 7.16. The Bertz CT molecular complexity index is 529. The third kappa shape index (κ3) is 2.92. The molecule has 1 N–H and O–H groups in total.